The first-order chi connectivity index (χ1) is 9.16. The van der Waals surface area contributed by atoms with E-state index >= 15 is 0 Å². The fourth-order valence-electron chi connectivity index (χ4n) is 2.38. The number of rotatable bonds is 3. The van der Waals surface area contributed by atoms with E-state index in [1.807, 2.05) is 24.3 Å². The lowest BCUT2D eigenvalue weighted by atomic mass is 10.0. The third kappa shape index (κ3) is 1.89. The summed E-state index contributed by atoms with van der Waals surface area (Å²) in [5.41, 5.74) is 1.94. The second-order valence-electron chi connectivity index (χ2n) is 4.46. The highest BCUT2D eigenvalue weighted by atomic mass is 16.4. The van der Waals surface area contributed by atoms with Crippen molar-refractivity contribution in [1.29, 1.82) is 0 Å². The van der Waals surface area contributed by atoms with E-state index in [0.29, 0.717) is 11.9 Å². The van der Waals surface area contributed by atoms with Crippen LogP contribution < -0.4 is 5.56 Å². The van der Waals surface area contributed by atoms with Gasteiger partial charge >= 0.3 is 5.97 Å². The normalized spacial score (nSPS) is 11.2. The SMILES string of the molecule is O=C(O)CCc1c[nH]c2c(=O)[nH]c3ccccc3c12. The summed E-state index contributed by atoms with van der Waals surface area (Å²) in [5, 5.41) is 10.5. The minimum atomic E-state index is -0.844. The Morgan fingerprint density at radius 2 is 2.05 bits per heavy atom. The van der Waals surface area contributed by atoms with Gasteiger partial charge in [-0.15, -0.1) is 0 Å². The van der Waals surface area contributed by atoms with Crippen molar-refractivity contribution >= 4 is 27.8 Å². The van der Waals surface area contributed by atoms with Crippen LogP contribution in [0.3, 0.4) is 0 Å². The van der Waals surface area contributed by atoms with Gasteiger partial charge in [-0.1, -0.05) is 18.2 Å². The summed E-state index contributed by atoms with van der Waals surface area (Å²) in [4.78, 5) is 28.4. The molecule has 0 spiro atoms. The molecular weight excluding hydrogens is 244 g/mol. The number of aryl methyl sites for hydroxylation is 1. The van der Waals surface area contributed by atoms with Crippen LogP contribution in [0.2, 0.25) is 0 Å². The summed E-state index contributed by atoms with van der Waals surface area (Å²) in [5.74, 6) is -0.844. The fourth-order valence-corrected chi connectivity index (χ4v) is 2.38. The van der Waals surface area contributed by atoms with Crippen molar-refractivity contribution in [2.24, 2.45) is 0 Å². The molecule has 0 aliphatic carbocycles. The Morgan fingerprint density at radius 3 is 2.84 bits per heavy atom. The summed E-state index contributed by atoms with van der Waals surface area (Å²) in [7, 11) is 0. The van der Waals surface area contributed by atoms with Gasteiger partial charge < -0.3 is 15.1 Å². The lowest BCUT2D eigenvalue weighted by molar-refractivity contribution is -0.136. The fraction of sp³-hybridized carbons (Fsp3) is 0.143. The Balaban J connectivity index is 2.30. The van der Waals surface area contributed by atoms with Crippen molar-refractivity contribution in [2.45, 2.75) is 12.8 Å². The number of hydrogen-bond donors (Lipinski definition) is 3. The van der Waals surface area contributed by atoms with E-state index in [0.717, 1.165) is 21.9 Å². The maximum absolute atomic E-state index is 11.9. The van der Waals surface area contributed by atoms with Gasteiger partial charge in [0.25, 0.3) is 5.56 Å². The number of para-hydroxylation sites is 1. The van der Waals surface area contributed by atoms with Crippen molar-refractivity contribution in [1.82, 2.24) is 9.97 Å². The highest BCUT2D eigenvalue weighted by molar-refractivity contribution is 6.06. The Labute approximate surface area is 107 Å². The van der Waals surface area contributed by atoms with E-state index in [1.165, 1.54) is 0 Å². The number of aromatic nitrogens is 2. The van der Waals surface area contributed by atoms with Crippen molar-refractivity contribution in [3.05, 3.63) is 46.4 Å². The van der Waals surface area contributed by atoms with E-state index in [-0.39, 0.29) is 12.0 Å². The zero-order valence-electron chi connectivity index (χ0n) is 10.1. The van der Waals surface area contributed by atoms with Crippen LogP contribution in [0.4, 0.5) is 0 Å². The number of nitrogens with one attached hydrogen (secondary N) is 2. The number of H-pyrrole nitrogens is 2. The van der Waals surface area contributed by atoms with Gasteiger partial charge in [0.15, 0.2) is 0 Å². The van der Waals surface area contributed by atoms with Crippen LogP contribution in [-0.4, -0.2) is 21.0 Å². The number of benzene rings is 1. The molecule has 0 aliphatic heterocycles. The first-order valence-corrected chi connectivity index (χ1v) is 5.99. The van der Waals surface area contributed by atoms with E-state index in [1.54, 1.807) is 6.20 Å². The average molecular weight is 256 g/mol. The molecule has 0 saturated carbocycles. The predicted octanol–water partition coefficient (Wildman–Crippen LogP) is 2.03. The van der Waals surface area contributed by atoms with Crippen LogP contribution in [0.15, 0.2) is 35.3 Å². The highest BCUT2D eigenvalue weighted by Gasteiger charge is 2.12. The van der Waals surface area contributed by atoms with E-state index in [2.05, 4.69) is 9.97 Å². The van der Waals surface area contributed by atoms with E-state index in [9.17, 15) is 9.59 Å². The van der Waals surface area contributed by atoms with Gasteiger partial charge in [-0.05, 0) is 18.1 Å². The predicted molar refractivity (Wildman–Crippen MR) is 72.4 cm³/mol. The molecule has 1 aromatic carbocycles. The molecule has 0 unspecified atom stereocenters. The monoisotopic (exact) mass is 256 g/mol. The third-order valence-corrected chi connectivity index (χ3v) is 3.24. The van der Waals surface area contributed by atoms with Gasteiger partial charge in [0, 0.05) is 28.9 Å². The van der Waals surface area contributed by atoms with Crippen molar-refractivity contribution < 1.29 is 9.90 Å². The number of carboxylic acid groups (broad SMARTS) is 1. The topological polar surface area (TPSA) is 85.9 Å². The summed E-state index contributed by atoms with van der Waals surface area (Å²) in [6, 6.07) is 7.51. The average Bonchev–Trinajstić information content (AvgIpc) is 2.81. The molecule has 5 nitrogen and oxygen atoms in total. The Morgan fingerprint density at radius 1 is 1.26 bits per heavy atom. The van der Waals surface area contributed by atoms with Crippen LogP contribution >= 0.6 is 0 Å². The van der Waals surface area contributed by atoms with Crippen molar-refractivity contribution in [2.75, 3.05) is 0 Å². The van der Waals surface area contributed by atoms with Gasteiger partial charge in [-0.3, -0.25) is 9.59 Å². The first-order valence-electron chi connectivity index (χ1n) is 5.99. The summed E-state index contributed by atoms with van der Waals surface area (Å²) in [6.07, 6.45) is 2.17. The molecule has 96 valence electrons. The molecule has 2 aromatic heterocycles. The smallest absolute Gasteiger partial charge is 0.303 e. The molecular formula is C14H12N2O3. The zero-order valence-corrected chi connectivity index (χ0v) is 10.1. The molecule has 0 aliphatic rings. The lowest BCUT2D eigenvalue weighted by Gasteiger charge is -2.02. The third-order valence-electron chi connectivity index (χ3n) is 3.24. The standard InChI is InChI=1S/C14H12N2O3/c17-11(18)6-5-8-7-15-13-12(8)9-3-1-2-4-10(9)16-14(13)19/h1-4,7,15H,5-6H2,(H,16,19)(H,17,18). The maximum Gasteiger partial charge on any atom is 0.303 e. The van der Waals surface area contributed by atoms with Gasteiger partial charge in [-0.25, -0.2) is 0 Å². The van der Waals surface area contributed by atoms with E-state index < -0.39 is 5.97 Å². The summed E-state index contributed by atoms with van der Waals surface area (Å²) < 4.78 is 0. The van der Waals surface area contributed by atoms with Crippen LogP contribution in [-0.2, 0) is 11.2 Å². The first kappa shape index (κ1) is 11.5. The molecule has 3 N–H and O–H groups in total. The van der Waals surface area contributed by atoms with Gasteiger partial charge in [0.2, 0.25) is 0 Å². The highest BCUT2D eigenvalue weighted by Crippen LogP contribution is 2.25. The summed E-state index contributed by atoms with van der Waals surface area (Å²) >= 11 is 0. The number of pyridine rings is 1. The molecule has 0 bridgehead atoms. The lowest BCUT2D eigenvalue weighted by Crippen LogP contribution is -2.06. The number of hydrogen-bond acceptors (Lipinski definition) is 2. The van der Waals surface area contributed by atoms with Gasteiger partial charge in [-0.2, -0.15) is 0 Å². The van der Waals surface area contributed by atoms with Crippen LogP contribution in [0.1, 0.15) is 12.0 Å². The number of fused-ring (bicyclic) bond motifs is 3. The minimum Gasteiger partial charge on any atom is -0.481 e. The Kier molecular flexibility index (Phi) is 2.59. The second kappa shape index (κ2) is 4.28. The van der Waals surface area contributed by atoms with Gasteiger partial charge in [0.1, 0.15) is 5.52 Å². The minimum absolute atomic E-state index is 0.0497. The number of aliphatic carboxylic acids is 1. The van der Waals surface area contributed by atoms with Crippen molar-refractivity contribution in [3.63, 3.8) is 0 Å². The van der Waals surface area contributed by atoms with Crippen LogP contribution in [0.25, 0.3) is 21.8 Å². The Bertz CT molecular complexity index is 829. The molecule has 5 heteroatoms. The molecule has 0 amide bonds. The largest absolute Gasteiger partial charge is 0.481 e. The van der Waals surface area contributed by atoms with E-state index in [4.69, 9.17) is 5.11 Å². The van der Waals surface area contributed by atoms with Crippen LogP contribution in [0.5, 0.6) is 0 Å². The second-order valence-corrected chi connectivity index (χ2v) is 4.46. The quantitative estimate of drug-likeness (QED) is 0.670. The molecule has 2 heterocycles. The molecule has 3 aromatic rings. The number of carbonyl (C=O) groups is 1. The molecule has 19 heavy (non-hydrogen) atoms. The summed E-state index contributed by atoms with van der Waals surface area (Å²) in [6.45, 7) is 0. The molecule has 0 radical (unpaired) electrons. The molecule has 0 fully saturated rings. The molecule has 3 rings (SSSR count). The maximum atomic E-state index is 11.9. The van der Waals surface area contributed by atoms with Crippen molar-refractivity contribution in [3.8, 4) is 0 Å². The van der Waals surface area contributed by atoms with Gasteiger partial charge in [0.05, 0.1) is 0 Å². The molecule has 0 atom stereocenters. The van der Waals surface area contributed by atoms with Crippen LogP contribution in [0, 0.1) is 0 Å². The number of carboxylic acids is 1. The number of aromatic amines is 2. The Hall–Kier alpha value is -2.56. The zero-order chi connectivity index (χ0) is 13.4. The molecule has 0 saturated heterocycles.